The van der Waals surface area contributed by atoms with E-state index in [0.29, 0.717) is 33.6 Å². The zero-order valence-electron chi connectivity index (χ0n) is 13.0. The van der Waals surface area contributed by atoms with Crippen LogP contribution in [0.25, 0.3) is 22.1 Å². The van der Waals surface area contributed by atoms with E-state index in [1.165, 1.54) is 13.2 Å². The summed E-state index contributed by atoms with van der Waals surface area (Å²) in [6, 6.07) is 9.86. The lowest BCUT2D eigenvalue weighted by Gasteiger charge is -2.13. The molecule has 0 saturated carbocycles. The van der Waals surface area contributed by atoms with Crippen molar-refractivity contribution in [1.82, 2.24) is 0 Å². The highest BCUT2D eigenvalue weighted by atomic mass is 16.5. The molecule has 3 rings (SSSR count). The van der Waals surface area contributed by atoms with Crippen LogP contribution in [-0.2, 0) is 0 Å². The zero-order chi connectivity index (χ0) is 16.6. The van der Waals surface area contributed by atoms with Gasteiger partial charge in [0, 0.05) is 17.0 Å². The molecule has 0 saturated heterocycles. The summed E-state index contributed by atoms with van der Waals surface area (Å²) in [5, 5.41) is 10.4. The Hall–Kier alpha value is -2.95. The topological polar surface area (TPSA) is 68.9 Å². The summed E-state index contributed by atoms with van der Waals surface area (Å²) in [5.74, 6) is 1.26. The molecule has 1 aromatic heterocycles. The van der Waals surface area contributed by atoms with Crippen LogP contribution in [0.4, 0.5) is 0 Å². The lowest BCUT2D eigenvalue weighted by atomic mass is 9.98. The molecule has 5 heteroatoms. The number of phenolic OH excluding ortho intramolecular Hbond substituents is 1. The molecule has 0 aliphatic carbocycles. The van der Waals surface area contributed by atoms with Gasteiger partial charge in [-0.1, -0.05) is 0 Å². The van der Waals surface area contributed by atoms with E-state index in [1.807, 2.05) is 6.92 Å². The summed E-state index contributed by atoms with van der Waals surface area (Å²) < 4.78 is 15.9. The number of aromatic hydroxyl groups is 1. The summed E-state index contributed by atoms with van der Waals surface area (Å²) in [7, 11) is 3.09. The molecule has 1 heterocycles. The Morgan fingerprint density at radius 1 is 1.04 bits per heavy atom. The number of hydrogen-bond donors (Lipinski definition) is 1. The van der Waals surface area contributed by atoms with Gasteiger partial charge in [0.15, 0.2) is 0 Å². The number of aryl methyl sites for hydroxylation is 1. The summed E-state index contributed by atoms with van der Waals surface area (Å²) in [4.78, 5) is 12.4. The first-order valence-electron chi connectivity index (χ1n) is 7.04. The van der Waals surface area contributed by atoms with E-state index in [2.05, 4.69) is 0 Å². The van der Waals surface area contributed by atoms with E-state index < -0.39 is 5.63 Å². The molecule has 0 aliphatic heterocycles. The number of phenols is 1. The maximum Gasteiger partial charge on any atom is 0.344 e. The molecule has 0 bridgehead atoms. The molecule has 0 aliphatic rings. The highest BCUT2D eigenvalue weighted by Crippen LogP contribution is 2.35. The number of benzene rings is 2. The Labute approximate surface area is 132 Å². The molecule has 0 fully saturated rings. The van der Waals surface area contributed by atoms with Crippen molar-refractivity contribution in [2.75, 3.05) is 14.2 Å². The van der Waals surface area contributed by atoms with E-state index >= 15 is 0 Å². The predicted molar refractivity (Wildman–Crippen MR) is 87.4 cm³/mol. The Morgan fingerprint density at radius 3 is 2.52 bits per heavy atom. The van der Waals surface area contributed by atoms with Gasteiger partial charge in [-0.05, 0) is 42.8 Å². The molecule has 23 heavy (non-hydrogen) atoms. The molecule has 0 atom stereocenters. The van der Waals surface area contributed by atoms with Gasteiger partial charge in [-0.2, -0.15) is 0 Å². The third kappa shape index (κ3) is 2.50. The Balaban J connectivity index is 2.34. The molecule has 3 aromatic rings. The van der Waals surface area contributed by atoms with Gasteiger partial charge in [0.1, 0.15) is 22.8 Å². The van der Waals surface area contributed by atoms with E-state index in [0.717, 1.165) is 5.56 Å². The molecular weight excluding hydrogens is 296 g/mol. The van der Waals surface area contributed by atoms with Crippen molar-refractivity contribution in [3.8, 4) is 28.4 Å². The highest BCUT2D eigenvalue weighted by molar-refractivity contribution is 5.88. The lowest BCUT2D eigenvalue weighted by Crippen LogP contribution is -2.07. The first kappa shape index (κ1) is 15.0. The molecule has 0 amide bonds. The quantitative estimate of drug-likeness (QED) is 0.750. The molecule has 5 nitrogen and oxygen atoms in total. The van der Waals surface area contributed by atoms with Crippen molar-refractivity contribution in [2.24, 2.45) is 0 Å². The minimum atomic E-state index is -0.454. The normalized spacial score (nSPS) is 10.7. The summed E-state index contributed by atoms with van der Waals surface area (Å²) in [6.45, 7) is 1.82. The predicted octanol–water partition coefficient (Wildman–Crippen LogP) is 3.49. The van der Waals surface area contributed by atoms with Crippen LogP contribution in [0.1, 0.15) is 5.56 Å². The van der Waals surface area contributed by atoms with Crippen molar-refractivity contribution in [3.63, 3.8) is 0 Å². The number of rotatable bonds is 3. The first-order chi connectivity index (χ1) is 11.0. The van der Waals surface area contributed by atoms with Crippen LogP contribution < -0.4 is 15.1 Å². The van der Waals surface area contributed by atoms with E-state index in [9.17, 15) is 9.90 Å². The van der Waals surface area contributed by atoms with Crippen LogP contribution in [0.2, 0.25) is 0 Å². The second-order valence-corrected chi connectivity index (χ2v) is 5.14. The Morgan fingerprint density at radius 2 is 1.83 bits per heavy atom. The second kappa shape index (κ2) is 5.68. The van der Waals surface area contributed by atoms with Gasteiger partial charge in [-0.25, -0.2) is 4.79 Å². The third-order valence-electron chi connectivity index (χ3n) is 3.83. The van der Waals surface area contributed by atoms with Crippen molar-refractivity contribution >= 4 is 11.0 Å². The van der Waals surface area contributed by atoms with Crippen LogP contribution in [0, 0.1) is 6.92 Å². The molecule has 0 spiro atoms. The van der Waals surface area contributed by atoms with Crippen LogP contribution >= 0.6 is 0 Å². The average Bonchev–Trinajstić information content (AvgIpc) is 2.56. The van der Waals surface area contributed by atoms with Gasteiger partial charge in [0.25, 0.3) is 0 Å². The summed E-state index contributed by atoms with van der Waals surface area (Å²) >= 11 is 0. The summed E-state index contributed by atoms with van der Waals surface area (Å²) in [5.41, 5.74) is 1.72. The Kier molecular flexibility index (Phi) is 3.70. The minimum Gasteiger partial charge on any atom is -0.508 e. The van der Waals surface area contributed by atoms with Crippen molar-refractivity contribution in [1.29, 1.82) is 0 Å². The third-order valence-corrected chi connectivity index (χ3v) is 3.83. The number of hydrogen-bond acceptors (Lipinski definition) is 5. The van der Waals surface area contributed by atoms with Gasteiger partial charge < -0.3 is 19.0 Å². The number of fused-ring (bicyclic) bond motifs is 1. The average molecular weight is 312 g/mol. The Bertz CT molecular complexity index is 940. The van der Waals surface area contributed by atoms with Crippen LogP contribution in [0.3, 0.4) is 0 Å². The fraction of sp³-hybridized carbons (Fsp3) is 0.167. The smallest absolute Gasteiger partial charge is 0.344 e. The second-order valence-electron chi connectivity index (χ2n) is 5.14. The van der Waals surface area contributed by atoms with E-state index in [-0.39, 0.29) is 5.75 Å². The van der Waals surface area contributed by atoms with Crippen molar-refractivity contribution in [3.05, 3.63) is 52.4 Å². The van der Waals surface area contributed by atoms with E-state index in [1.54, 1.807) is 37.4 Å². The largest absolute Gasteiger partial charge is 0.508 e. The van der Waals surface area contributed by atoms with Crippen LogP contribution in [0.15, 0.2) is 45.6 Å². The molecule has 0 radical (unpaired) electrons. The first-order valence-corrected chi connectivity index (χ1v) is 7.04. The fourth-order valence-electron chi connectivity index (χ4n) is 2.66. The van der Waals surface area contributed by atoms with Gasteiger partial charge in [-0.15, -0.1) is 0 Å². The van der Waals surface area contributed by atoms with Crippen LogP contribution in [-0.4, -0.2) is 19.3 Å². The molecule has 2 aromatic carbocycles. The van der Waals surface area contributed by atoms with Gasteiger partial charge in [0.2, 0.25) is 0 Å². The van der Waals surface area contributed by atoms with Crippen LogP contribution in [0.5, 0.6) is 17.2 Å². The number of methoxy groups -OCH3 is 2. The molecule has 1 N–H and O–H groups in total. The SMILES string of the molecule is COc1ccc(-c2c(C)c3cc(O)ccc3oc2=O)c(OC)c1. The van der Waals surface area contributed by atoms with Crippen molar-refractivity contribution in [2.45, 2.75) is 6.92 Å². The van der Waals surface area contributed by atoms with E-state index in [4.69, 9.17) is 13.9 Å². The van der Waals surface area contributed by atoms with Gasteiger partial charge in [-0.3, -0.25) is 0 Å². The maximum atomic E-state index is 12.4. The van der Waals surface area contributed by atoms with Crippen molar-refractivity contribution < 1.29 is 19.0 Å². The number of ether oxygens (including phenoxy) is 2. The monoisotopic (exact) mass is 312 g/mol. The summed E-state index contributed by atoms with van der Waals surface area (Å²) in [6.07, 6.45) is 0. The molecule has 0 unspecified atom stereocenters. The lowest BCUT2D eigenvalue weighted by molar-refractivity contribution is 0.395. The highest BCUT2D eigenvalue weighted by Gasteiger charge is 2.17. The minimum absolute atomic E-state index is 0.113. The molecular formula is C18H16O5. The standard InChI is InChI=1S/C18H16O5/c1-10-14-8-11(19)4-7-15(14)23-18(20)17(10)13-6-5-12(21-2)9-16(13)22-3/h4-9,19H,1-3H3. The van der Waals surface area contributed by atoms with Gasteiger partial charge in [0.05, 0.1) is 19.8 Å². The molecule has 118 valence electrons. The fourth-order valence-corrected chi connectivity index (χ4v) is 2.66. The zero-order valence-corrected chi connectivity index (χ0v) is 13.0. The maximum absolute atomic E-state index is 12.4. The van der Waals surface area contributed by atoms with Gasteiger partial charge >= 0.3 is 5.63 Å².